The van der Waals surface area contributed by atoms with E-state index in [1.807, 2.05) is 24.3 Å². The Morgan fingerprint density at radius 3 is 2.74 bits per heavy atom. The maximum absolute atomic E-state index is 12.4. The molecule has 0 saturated carbocycles. The third-order valence-corrected chi connectivity index (χ3v) is 4.34. The van der Waals surface area contributed by atoms with E-state index >= 15 is 0 Å². The average molecular weight is 330 g/mol. The minimum absolute atomic E-state index is 0.253. The van der Waals surface area contributed by atoms with Gasteiger partial charge < -0.3 is 9.47 Å². The van der Waals surface area contributed by atoms with Crippen LogP contribution >= 0.6 is 11.3 Å². The van der Waals surface area contributed by atoms with Crippen LogP contribution < -0.4 is 14.8 Å². The summed E-state index contributed by atoms with van der Waals surface area (Å²) in [6.07, 6.45) is 3.12. The molecule has 0 atom stereocenters. The Kier molecular flexibility index (Phi) is 4.12. The summed E-state index contributed by atoms with van der Waals surface area (Å²) in [6, 6.07) is 7.35. The minimum atomic E-state index is -0.472. The number of rotatable bonds is 4. The third kappa shape index (κ3) is 2.83. The average Bonchev–Trinajstić information content (AvgIpc) is 3.10. The fourth-order valence-corrected chi connectivity index (χ4v) is 3.16. The normalized spacial score (nSPS) is 11.8. The van der Waals surface area contributed by atoms with E-state index in [1.165, 1.54) is 22.0 Å². The van der Waals surface area contributed by atoms with Gasteiger partial charge in [-0.1, -0.05) is 12.1 Å². The smallest absolute Gasteiger partial charge is 0.342 e. The molecule has 0 N–H and O–H groups in total. The summed E-state index contributed by atoms with van der Waals surface area (Å²) in [6.45, 7) is 2.01. The quantitative estimate of drug-likeness (QED) is 0.678. The van der Waals surface area contributed by atoms with Gasteiger partial charge in [-0.2, -0.15) is 9.61 Å². The van der Waals surface area contributed by atoms with Gasteiger partial charge in [0.05, 0.1) is 24.4 Å². The SMILES string of the molecule is CCOC(=O)c1cnn2c(=O)/c(=C/c3ccc(OC)cc3)sc12. The predicted molar refractivity (Wildman–Crippen MR) is 87.1 cm³/mol. The lowest BCUT2D eigenvalue weighted by atomic mass is 10.2. The monoisotopic (exact) mass is 330 g/mol. The molecular formula is C16H14N2O4S. The van der Waals surface area contributed by atoms with Gasteiger partial charge in [0.15, 0.2) is 0 Å². The van der Waals surface area contributed by atoms with E-state index < -0.39 is 5.97 Å². The lowest BCUT2D eigenvalue weighted by Crippen LogP contribution is -2.23. The molecule has 23 heavy (non-hydrogen) atoms. The van der Waals surface area contributed by atoms with Crippen LogP contribution in [0.2, 0.25) is 0 Å². The molecule has 0 aliphatic rings. The Balaban J connectivity index is 2.07. The first-order valence-electron chi connectivity index (χ1n) is 6.97. The van der Waals surface area contributed by atoms with Crippen molar-refractivity contribution in [2.24, 2.45) is 0 Å². The molecule has 0 radical (unpaired) electrons. The number of thiazole rings is 1. The van der Waals surface area contributed by atoms with Gasteiger partial charge in [-0.15, -0.1) is 11.3 Å². The number of carbonyl (C=O) groups is 1. The number of nitrogens with zero attached hydrogens (tertiary/aromatic N) is 2. The van der Waals surface area contributed by atoms with E-state index in [9.17, 15) is 9.59 Å². The van der Waals surface area contributed by atoms with E-state index in [2.05, 4.69) is 5.10 Å². The first-order chi connectivity index (χ1) is 11.1. The van der Waals surface area contributed by atoms with Crippen LogP contribution in [0.1, 0.15) is 22.8 Å². The molecule has 0 spiro atoms. The largest absolute Gasteiger partial charge is 0.497 e. The Morgan fingerprint density at radius 2 is 2.09 bits per heavy atom. The Bertz CT molecular complexity index is 957. The molecule has 6 nitrogen and oxygen atoms in total. The maximum Gasteiger partial charge on any atom is 0.342 e. The van der Waals surface area contributed by atoms with E-state index in [-0.39, 0.29) is 12.2 Å². The number of hydrogen-bond acceptors (Lipinski definition) is 6. The van der Waals surface area contributed by atoms with Crippen LogP contribution in [0.15, 0.2) is 35.3 Å². The predicted octanol–water partition coefficient (Wildman–Crippen LogP) is 1.49. The van der Waals surface area contributed by atoms with Crippen LogP contribution in [-0.4, -0.2) is 29.3 Å². The molecule has 2 heterocycles. The highest BCUT2D eigenvalue weighted by Gasteiger charge is 2.17. The second-order valence-electron chi connectivity index (χ2n) is 4.68. The molecule has 1 aromatic carbocycles. The number of esters is 1. The summed E-state index contributed by atoms with van der Waals surface area (Å²) >= 11 is 1.22. The van der Waals surface area contributed by atoms with Gasteiger partial charge in [0, 0.05) is 0 Å². The zero-order valence-corrected chi connectivity index (χ0v) is 13.4. The number of ether oxygens (including phenoxy) is 2. The van der Waals surface area contributed by atoms with Crippen molar-refractivity contribution in [2.45, 2.75) is 6.92 Å². The maximum atomic E-state index is 12.4. The first-order valence-corrected chi connectivity index (χ1v) is 7.79. The second kappa shape index (κ2) is 6.21. The number of carbonyl (C=O) groups excluding carboxylic acids is 1. The zero-order chi connectivity index (χ0) is 16.4. The van der Waals surface area contributed by atoms with Crippen molar-refractivity contribution in [3.63, 3.8) is 0 Å². The van der Waals surface area contributed by atoms with Crippen LogP contribution in [0.25, 0.3) is 10.9 Å². The van der Waals surface area contributed by atoms with Crippen molar-refractivity contribution in [1.82, 2.24) is 9.61 Å². The summed E-state index contributed by atoms with van der Waals surface area (Å²) in [5.74, 6) is 0.273. The molecule has 118 valence electrons. The molecule has 0 amide bonds. The number of methoxy groups -OCH3 is 1. The van der Waals surface area contributed by atoms with Gasteiger partial charge in [-0.3, -0.25) is 4.79 Å². The van der Waals surface area contributed by atoms with Crippen LogP contribution in [0, 0.1) is 0 Å². The standard InChI is InChI=1S/C16H14N2O4S/c1-3-22-16(20)12-9-17-18-14(19)13(23-15(12)18)8-10-4-6-11(21-2)7-5-10/h4-9H,3H2,1-2H3/b13-8-. The lowest BCUT2D eigenvalue weighted by Gasteiger charge is -1.98. The Hall–Kier alpha value is -2.67. The molecule has 3 rings (SSSR count). The van der Waals surface area contributed by atoms with Gasteiger partial charge >= 0.3 is 5.97 Å². The highest BCUT2D eigenvalue weighted by atomic mass is 32.1. The molecule has 0 bridgehead atoms. The third-order valence-electron chi connectivity index (χ3n) is 3.24. The number of benzene rings is 1. The summed E-state index contributed by atoms with van der Waals surface area (Å²) < 4.78 is 11.8. The van der Waals surface area contributed by atoms with Crippen LogP contribution in [0.3, 0.4) is 0 Å². The highest BCUT2D eigenvalue weighted by molar-refractivity contribution is 7.15. The Morgan fingerprint density at radius 1 is 1.35 bits per heavy atom. The second-order valence-corrected chi connectivity index (χ2v) is 5.72. The molecule has 3 aromatic rings. The van der Waals surface area contributed by atoms with Crippen LogP contribution in [0.5, 0.6) is 5.75 Å². The fraction of sp³-hybridized carbons (Fsp3) is 0.188. The van der Waals surface area contributed by atoms with E-state index in [0.29, 0.717) is 14.9 Å². The molecule has 0 aliphatic heterocycles. The van der Waals surface area contributed by atoms with Crippen molar-refractivity contribution >= 4 is 28.2 Å². The number of hydrogen-bond donors (Lipinski definition) is 0. The van der Waals surface area contributed by atoms with Crippen LogP contribution in [-0.2, 0) is 4.74 Å². The molecular weight excluding hydrogens is 316 g/mol. The van der Waals surface area contributed by atoms with E-state index in [4.69, 9.17) is 9.47 Å². The van der Waals surface area contributed by atoms with Gasteiger partial charge in [-0.05, 0) is 30.7 Å². The minimum Gasteiger partial charge on any atom is -0.497 e. The number of aromatic nitrogens is 2. The molecule has 0 aliphatic carbocycles. The molecule has 2 aromatic heterocycles. The van der Waals surface area contributed by atoms with Crippen molar-refractivity contribution < 1.29 is 14.3 Å². The Labute approximate surface area is 135 Å². The summed E-state index contributed by atoms with van der Waals surface area (Å²) in [5, 5.41) is 3.98. The zero-order valence-electron chi connectivity index (χ0n) is 12.6. The van der Waals surface area contributed by atoms with Gasteiger partial charge in [0.2, 0.25) is 0 Å². The topological polar surface area (TPSA) is 69.9 Å². The van der Waals surface area contributed by atoms with E-state index in [1.54, 1.807) is 20.1 Å². The van der Waals surface area contributed by atoms with Gasteiger partial charge in [-0.25, -0.2) is 4.79 Å². The van der Waals surface area contributed by atoms with Crippen molar-refractivity contribution in [2.75, 3.05) is 13.7 Å². The lowest BCUT2D eigenvalue weighted by molar-refractivity contribution is 0.0529. The van der Waals surface area contributed by atoms with Gasteiger partial charge in [0.1, 0.15) is 16.1 Å². The molecule has 0 unspecified atom stereocenters. The first kappa shape index (κ1) is 15.2. The van der Waals surface area contributed by atoms with E-state index in [0.717, 1.165) is 11.3 Å². The van der Waals surface area contributed by atoms with Crippen molar-refractivity contribution in [1.29, 1.82) is 0 Å². The summed E-state index contributed by atoms with van der Waals surface area (Å²) in [4.78, 5) is 24.7. The fourth-order valence-electron chi connectivity index (χ4n) is 2.12. The van der Waals surface area contributed by atoms with Crippen molar-refractivity contribution in [3.8, 4) is 5.75 Å². The summed E-state index contributed by atoms with van der Waals surface area (Å²) in [7, 11) is 1.60. The number of fused-ring (bicyclic) bond motifs is 1. The van der Waals surface area contributed by atoms with Crippen LogP contribution in [0.4, 0.5) is 0 Å². The molecule has 7 heteroatoms. The summed E-state index contributed by atoms with van der Waals surface area (Å²) in [5.41, 5.74) is 0.921. The van der Waals surface area contributed by atoms with Crippen molar-refractivity contribution in [3.05, 3.63) is 56.5 Å². The molecule has 0 fully saturated rings. The molecule has 0 saturated heterocycles. The highest BCUT2D eigenvalue weighted by Crippen LogP contribution is 2.14. The van der Waals surface area contributed by atoms with Gasteiger partial charge in [0.25, 0.3) is 5.56 Å².